The lowest BCUT2D eigenvalue weighted by atomic mass is 10.1. The molecule has 33 heavy (non-hydrogen) atoms. The van der Waals surface area contributed by atoms with E-state index in [2.05, 4.69) is 16.0 Å². The van der Waals surface area contributed by atoms with Crippen LogP contribution in [0, 0.1) is 0 Å². The summed E-state index contributed by atoms with van der Waals surface area (Å²) >= 11 is 1.52. The first kappa shape index (κ1) is 24.3. The standard InChI is InChI=1S/C23H23F3N4O2S/c1-30(2)20(16-10-11-33-14-16)13-27-22(32)29-19-9-8-17(12-18(19)23(24,25)26)28-21(31)15-6-4-3-5-7-15/h3-12,14,20H,13H2,1-2H3,(H,28,31)(H2,27,29,32). The maximum absolute atomic E-state index is 13.7. The van der Waals surface area contributed by atoms with Crippen LogP contribution in [0.3, 0.4) is 0 Å². The molecule has 3 amide bonds. The van der Waals surface area contributed by atoms with Gasteiger partial charge in [-0.05, 0) is 66.8 Å². The van der Waals surface area contributed by atoms with Crippen LogP contribution >= 0.6 is 11.3 Å². The van der Waals surface area contributed by atoms with Crippen molar-refractivity contribution in [3.8, 4) is 0 Å². The summed E-state index contributed by atoms with van der Waals surface area (Å²) in [7, 11) is 3.71. The monoisotopic (exact) mass is 476 g/mol. The van der Waals surface area contributed by atoms with Crippen molar-refractivity contribution in [3.63, 3.8) is 0 Å². The summed E-state index contributed by atoms with van der Waals surface area (Å²) in [6.45, 7) is 0.210. The molecule has 0 fully saturated rings. The van der Waals surface area contributed by atoms with Crippen molar-refractivity contribution in [3.05, 3.63) is 82.0 Å². The molecule has 0 bridgehead atoms. The molecule has 6 nitrogen and oxygen atoms in total. The number of hydrogen-bond acceptors (Lipinski definition) is 4. The third-order valence-electron chi connectivity index (χ3n) is 4.87. The fourth-order valence-corrected chi connectivity index (χ4v) is 3.88. The Kier molecular flexibility index (Phi) is 7.72. The second-order valence-electron chi connectivity index (χ2n) is 7.45. The predicted molar refractivity (Wildman–Crippen MR) is 124 cm³/mol. The minimum atomic E-state index is -4.74. The first-order valence-corrected chi connectivity index (χ1v) is 10.9. The van der Waals surface area contributed by atoms with Crippen molar-refractivity contribution < 1.29 is 22.8 Å². The van der Waals surface area contributed by atoms with Crippen molar-refractivity contribution in [2.24, 2.45) is 0 Å². The van der Waals surface area contributed by atoms with Crippen LogP contribution in [-0.2, 0) is 6.18 Å². The number of carbonyl (C=O) groups is 2. The number of nitrogens with one attached hydrogen (secondary N) is 3. The molecule has 2 aromatic carbocycles. The van der Waals surface area contributed by atoms with Crippen LogP contribution in [0.15, 0.2) is 65.4 Å². The number of amides is 3. The summed E-state index contributed by atoms with van der Waals surface area (Å²) < 4.78 is 41.0. The zero-order valence-corrected chi connectivity index (χ0v) is 18.8. The molecule has 3 aromatic rings. The Morgan fingerprint density at radius 2 is 1.76 bits per heavy atom. The molecule has 0 aliphatic carbocycles. The van der Waals surface area contributed by atoms with Gasteiger partial charge in [-0.15, -0.1) is 0 Å². The van der Waals surface area contributed by atoms with Crippen molar-refractivity contribution in [1.82, 2.24) is 10.2 Å². The van der Waals surface area contributed by atoms with Crippen LogP contribution < -0.4 is 16.0 Å². The zero-order valence-electron chi connectivity index (χ0n) is 17.9. The third-order valence-corrected chi connectivity index (χ3v) is 5.58. The smallest absolute Gasteiger partial charge is 0.336 e. The average Bonchev–Trinajstić information content (AvgIpc) is 3.29. The molecule has 0 saturated heterocycles. The molecule has 1 heterocycles. The van der Waals surface area contributed by atoms with E-state index in [1.54, 1.807) is 30.3 Å². The van der Waals surface area contributed by atoms with Gasteiger partial charge in [0.25, 0.3) is 5.91 Å². The first-order valence-electron chi connectivity index (χ1n) is 9.96. The molecule has 1 unspecified atom stereocenters. The highest BCUT2D eigenvalue weighted by Crippen LogP contribution is 2.36. The Labute approximate surface area is 193 Å². The molecule has 10 heteroatoms. The van der Waals surface area contributed by atoms with E-state index in [4.69, 9.17) is 0 Å². The summed E-state index contributed by atoms with van der Waals surface area (Å²) in [6.07, 6.45) is -4.74. The largest absolute Gasteiger partial charge is 0.418 e. The number of urea groups is 1. The van der Waals surface area contributed by atoms with Crippen molar-refractivity contribution in [2.75, 3.05) is 31.3 Å². The molecule has 0 spiro atoms. The summed E-state index contributed by atoms with van der Waals surface area (Å²) in [4.78, 5) is 26.5. The number of rotatable bonds is 7. The normalized spacial score (nSPS) is 12.3. The van der Waals surface area contributed by atoms with E-state index >= 15 is 0 Å². The van der Waals surface area contributed by atoms with E-state index in [1.165, 1.54) is 17.4 Å². The number of likely N-dealkylation sites (N-methyl/N-ethyl adjacent to an activating group) is 1. The Bertz CT molecular complexity index is 1090. The first-order chi connectivity index (χ1) is 15.6. The molecule has 1 aromatic heterocycles. The van der Waals surface area contributed by atoms with E-state index in [0.717, 1.165) is 17.7 Å². The lowest BCUT2D eigenvalue weighted by Gasteiger charge is -2.24. The molecule has 3 N–H and O–H groups in total. The minimum Gasteiger partial charge on any atom is -0.336 e. The van der Waals surface area contributed by atoms with Gasteiger partial charge in [0.15, 0.2) is 0 Å². The van der Waals surface area contributed by atoms with Gasteiger partial charge in [0.1, 0.15) is 0 Å². The SMILES string of the molecule is CN(C)C(CNC(=O)Nc1ccc(NC(=O)c2ccccc2)cc1C(F)(F)F)c1ccsc1. The molecule has 0 saturated carbocycles. The number of benzene rings is 2. The lowest BCUT2D eigenvalue weighted by molar-refractivity contribution is -0.136. The van der Waals surface area contributed by atoms with Crippen LogP contribution in [0.2, 0.25) is 0 Å². The van der Waals surface area contributed by atoms with Crippen molar-refractivity contribution in [1.29, 1.82) is 0 Å². The number of alkyl halides is 3. The lowest BCUT2D eigenvalue weighted by Crippen LogP contribution is -2.37. The average molecular weight is 477 g/mol. The van der Waals surface area contributed by atoms with Gasteiger partial charge < -0.3 is 20.9 Å². The maximum Gasteiger partial charge on any atom is 0.418 e. The van der Waals surface area contributed by atoms with E-state index < -0.39 is 29.4 Å². The van der Waals surface area contributed by atoms with Crippen molar-refractivity contribution >= 4 is 34.6 Å². The van der Waals surface area contributed by atoms with Gasteiger partial charge in [-0.1, -0.05) is 18.2 Å². The molecule has 3 rings (SSSR count). The molecule has 0 aliphatic rings. The number of carbonyl (C=O) groups excluding carboxylic acids is 2. The van der Waals surface area contributed by atoms with Crippen LogP contribution in [0.5, 0.6) is 0 Å². The van der Waals surface area contributed by atoms with Gasteiger partial charge in [-0.25, -0.2) is 4.79 Å². The highest BCUT2D eigenvalue weighted by atomic mass is 32.1. The van der Waals surface area contributed by atoms with Gasteiger partial charge in [-0.3, -0.25) is 4.79 Å². The van der Waals surface area contributed by atoms with Crippen LogP contribution in [0.1, 0.15) is 27.5 Å². The van der Waals surface area contributed by atoms with E-state index in [1.807, 2.05) is 35.8 Å². The van der Waals surface area contributed by atoms with Gasteiger partial charge in [-0.2, -0.15) is 24.5 Å². The predicted octanol–water partition coefficient (Wildman–Crippen LogP) is 5.44. The summed E-state index contributed by atoms with van der Waals surface area (Å²) in [5.41, 5.74) is -0.194. The van der Waals surface area contributed by atoms with Crippen LogP contribution in [0.4, 0.5) is 29.3 Å². The molecular formula is C23H23F3N4O2S. The quantitative estimate of drug-likeness (QED) is 0.425. The minimum absolute atomic E-state index is 0.0349. The van der Waals surface area contributed by atoms with Gasteiger partial charge in [0.05, 0.1) is 17.3 Å². The van der Waals surface area contributed by atoms with E-state index in [0.29, 0.717) is 5.56 Å². The summed E-state index contributed by atoms with van der Waals surface area (Å²) in [6, 6.07) is 12.4. The molecule has 174 valence electrons. The highest BCUT2D eigenvalue weighted by Gasteiger charge is 2.34. The highest BCUT2D eigenvalue weighted by molar-refractivity contribution is 7.08. The van der Waals surface area contributed by atoms with Gasteiger partial charge in [0, 0.05) is 17.8 Å². The van der Waals surface area contributed by atoms with Crippen LogP contribution in [0.25, 0.3) is 0 Å². The molecular weight excluding hydrogens is 453 g/mol. The summed E-state index contributed by atoms with van der Waals surface area (Å²) in [5.74, 6) is -0.537. The Morgan fingerprint density at radius 1 is 1.03 bits per heavy atom. The van der Waals surface area contributed by atoms with E-state index in [9.17, 15) is 22.8 Å². The number of hydrogen-bond donors (Lipinski definition) is 3. The number of anilines is 2. The van der Waals surface area contributed by atoms with Crippen LogP contribution in [-0.4, -0.2) is 37.5 Å². The molecule has 0 radical (unpaired) electrons. The molecule has 1 atom stereocenters. The second kappa shape index (κ2) is 10.5. The number of halogens is 3. The van der Waals surface area contributed by atoms with Gasteiger partial charge in [0.2, 0.25) is 0 Å². The third kappa shape index (κ3) is 6.56. The van der Waals surface area contributed by atoms with E-state index in [-0.39, 0.29) is 18.3 Å². The Morgan fingerprint density at radius 3 is 2.36 bits per heavy atom. The zero-order chi connectivity index (χ0) is 24.0. The van der Waals surface area contributed by atoms with Crippen molar-refractivity contribution in [2.45, 2.75) is 12.2 Å². The Hall–Kier alpha value is -3.37. The molecule has 0 aliphatic heterocycles. The topological polar surface area (TPSA) is 73.5 Å². The Balaban J connectivity index is 1.71. The second-order valence-corrected chi connectivity index (χ2v) is 8.23. The maximum atomic E-state index is 13.7. The summed E-state index contributed by atoms with van der Waals surface area (Å²) in [5, 5.41) is 11.2. The van der Waals surface area contributed by atoms with Gasteiger partial charge >= 0.3 is 12.2 Å². The fourth-order valence-electron chi connectivity index (χ4n) is 3.18. The number of nitrogens with zero attached hydrogens (tertiary/aromatic N) is 1. The number of thiophene rings is 1. The fraction of sp³-hybridized carbons (Fsp3) is 0.217.